The Morgan fingerprint density at radius 3 is 3.00 bits per heavy atom. The maximum Gasteiger partial charge on any atom is 0.0721 e. The maximum absolute atomic E-state index is 5.57. The van der Waals surface area contributed by atoms with Gasteiger partial charge in [0.15, 0.2) is 0 Å². The van der Waals surface area contributed by atoms with Crippen molar-refractivity contribution in [3.8, 4) is 11.3 Å². The average molecular weight is 199 g/mol. The van der Waals surface area contributed by atoms with Crippen LogP contribution in [0.3, 0.4) is 0 Å². The summed E-state index contributed by atoms with van der Waals surface area (Å²) in [5, 5.41) is 4.36. The first-order valence-electron chi connectivity index (χ1n) is 5.23. The van der Waals surface area contributed by atoms with Gasteiger partial charge >= 0.3 is 0 Å². The van der Waals surface area contributed by atoms with E-state index in [9.17, 15) is 0 Å². The molecular weight excluding hydrogens is 186 g/mol. The Morgan fingerprint density at radius 1 is 1.27 bits per heavy atom. The van der Waals surface area contributed by atoms with Crippen LogP contribution in [-0.2, 0) is 13.0 Å². The zero-order chi connectivity index (χ0) is 10.3. The monoisotopic (exact) mass is 199 g/mol. The number of hydrogen-bond donors (Lipinski definition) is 1. The van der Waals surface area contributed by atoms with E-state index in [0.29, 0.717) is 6.54 Å². The standard InChI is InChI=1S/C12H13N3/c13-5-6-15-12-10(8-14-15)7-9-3-1-2-4-11(9)12/h1-4,8H,5-7,13H2. The van der Waals surface area contributed by atoms with Crippen LogP contribution in [0.25, 0.3) is 11.3 Å². The summed E-state index contributed by atoms with van der Waals surface area (Å²) >= 11 is 0. The van der Waals surface area contributed by atoms with Crippen molar-refractivity contribution in [2.75, 3.05) is 6.54 Å². The number of aromatic nitrogens is 2. The molecule has 0 bridgehead atoms. The highest BCUT2D eigenvalue weighted by Gasteiger charge is 2.22. The fourth-order valence-electron chi connectivity index (χ4n) is 2.27. The van der Waals surface area contributed by atoms with Gasteiger partial charge in [-0.3, -0.25) is 4.68 Å². The van der Waals surface area contributed by atoms with Crippen molar-refractivity contribution in [3.05, 3.63) is 41.6 Å². The van der Waals surface area contributed by atoms with Crippen LogP contribution in [0.5, 0.6) is 0 Å². The van der Waals surface area contributed by atoms with Gasteiger partial charge in [-0.1, -0.05) is 24.3 Å². The van der Waals surface area contributed by atoms with Crippen molar-refractivity contribution in [2.24, 2.45) is 5.73 Å². The molecule has 3 heteroatoms. The zero-order valence-electron chi connectivity index (χ0n) is 8.48. The molecule has 1 aliphatic rings. The molecule has 3 rings (SSSR count). The summed E-state index contributed by atoms with van der Waals surface area (Å²) in [4.78, 5) is 0. The Balaban J connectivity index is 2.16. The summed E-state index contributed by atoms with van der Waals surface area (Å²) in [5.41, 5.74) is 10.9. The van der Waals surface area contributed by atoms with Crippen LogP contribution in [0.15, 0.2) is 30.5 Å². The molecular formula is C12H13N3. The molecule has 0 saturated heterocycles. The number of rotatable bonds is 2. The van der Waals surface area contributed by atoms with Crippen LogP contribution in [0.1, 0.15) is 11.1 Å². The number of nitrogens with zero attached hydrogens (tertiary/aromatic N) is 2. The SMILES string of the molecule is NCCn1ncc2c1-c1ccccc1C2. The summed E-state index contributed by atoms with van der Waals surface area (Å²) in [7, 11) is 0. The maximum atomic E-state index is 5.57. The highest BCUT2D eigenvalue weighted by atomic mass is 15.3. The van der Waals surface area contributed by atoms with Crippen LogP contribution < -0.4 is 5.73 Å². The molecule has 2 aromatic rings. The lowest BCUT2D eigenvalue weighted by Crippen LogP contribution is -2.11. The number of benzene rings is 1. The van der Waals surface area contributed by atoms with Crippen molar-refractivity contribution >= 4 is 0 Å². The summed E-state index contributed by atoms with van der Waals surface area (Å²) in [6.07, 6.45) is 2.97. The molecule has 0 saturated carbocycles. The van der Waals surface area contributed by atoms with E-state index in [1.165, 1.54) is 22.4 Å². The van der Waals surface area contributed by atoms with E-state index in [2.05, 4.69) is 29.4 Å². The molecule has 0 aliphatic heterocycles. The fraction of sp³-hybridized carbons (Fsp3) is 0.250. The van der Waals surface area contributed by atoms with Crippen LogP contribution in [0.4, 0.5) is 0 Å². The summed E-state index contributed by atoms with van der Waals surface area (Å²) in [5.74, 6) is 0. The summed E-state index contributed by atoms with van der Waals surface area (Å²) in [6, 6.07) is 8.51. The molecule has 15 heavy (non-hydrogen) atoms. The fourth-order valence-corrected chi connectivity index (χ4v) is 2.27. The molecule has 0 fully saturated rings. The van der Waals surface area contributed by atoms with Gasteiger partial charge < -0.3 is 5.73 Å². The second kappa shape index (κ2) is 3.21. The minimum Gasteiger partial charge on any atom is -0.329 e. The van der Waals surface area contributed by atoms with Crippen molar-refractivity contribution in [2.45, 2.75) is 13.0 Å². The van der Waals surface area contributed by atoms with Crippen LogP contribution >= 0.6 is 0 Å². The second-order valence-electron chi connectivity index (χ2n) is 3.86. The molecule has 0 amide bonds. The zero-order valence-corrected chi connectivity index (χ0v) is 8.48. The molecule has 3 nitrogen and oxygen atoms in total. The van der Waals surface area contributed by atoms with Gasteiger partial charge in [0.1, 0.15) is 0 Å². The minimum absolute atomic E-state index is 0.635. The first-order chi connectivity index (χ1) is 7.40. The van der Waals surface area contributed by atoms with E-state index in [0.717, 1.165) is 13.0 Å². The smallest absolute Gasteiger partial charge is 0.0721 e. The Hall–Kier alpha value is -1.61. The van der Waals surface area contributed by atoms with Crippen LogP contribution in [-0.4, -0.2) is 16.3 Å². The topological polar surface area (TPSA) is 43.8 Å². The molecule has 0 atom stereocenters. The minimum atomic E-state index is 0.635. The van der Waals surface area contributed by atoms with Crippen molar-refractivity contribution < 1.29 is 0 Å². The van der Waals surface area contributed by atoms with Gasteiger partial charge in [-0.25, -0.2) is 0 Å². The molecule has 0 spiro atoms. The highest BCUT2D eigenvalue weighted by Crippen LogP contribution is 2.35. The summed E-state index contributed by atoms with van der Waals surface area (Å²) < 4.78 is 2.02. The van der Waals surface area contributed by atoms with Gasteiger partial charge in [0.05, 0.1) is 18.4 Å². The normalized spacial score (nSPS) is 12.6. The molecule has 0 radical (unpaired) electrons. The van der Waals surface area contributed by atoms with Gasteiger partial charge in [-0.15, -0.1) is 0 Å². The van der Waals surface area contributed by atoms with Gasteiger partial charge in [0.25, 0.3) is 0 Å². The molecule has 1 aromatic carbocycles. The van der Waals surface area contributed by atoms with E-state index in [4.69, 9.17) is 5.73 Å². The predicted molar refractivity (Wildman–Crippen MR) is 59.5 cm³/mol. The number of fused-ring (bicyclic) bond motifs is 3. The van der Waals surface area contributed by atoms with Gasteiger partial charge in [-0.2, -0.15) is 5.10 Å². The van der Waals surface area contributed by atoms with Gasteiger partial charge in [0, 0.05) is 24.1 Å². The Bertz CT molecular complexity index is 499. The lowest BCUT2D eigenvalue weighted by molar-refractivity contribution is 0.632. The van der Waals surface area contributed by atoms with Gasteiger partial charge in [-0.05, 0) is 5.56 Å². The molecule has 1 heterocycles. The third kappa shape index (κ3) is 1.20. The molecule has 1 aromatic heterocycles. The Labute approximate surface area is 88.5 Å². The quantitative estimate of drug-likeness (QED) is 0.678. The predicted octanol–water partition coefficient (Wildman–Crippen LogP) is 1.41. The molecule has 2 N–H and O–H groups in total. The highest BCUT2D eigenvalue weighted by molar-refractivity contribution is 5.73. The lowest BCUT2D eigenvalue weighted by Gasteiger charge is -2.05. The Kier molecular flexibility index (Phi) is 1.86. The van der Waals surface area contributed by atoms with Crippen LogP contribution in [0, 0.1) is 0 Å². The van der Waals surface area contributed by atoms with E-state index >= 15 is 0 Å². The molecule has 1 aliphatic carbocycles. The van der Waals surface area contributed by atoms with Crippen molar-refractivity contribution in [1.29, 1.82) is 0 Å². The van der Waals surface area contributed by atoms with Gasteiger partial charge in [0.2, 0.25) is 0 Å². The first kappa shape index (κ1) is 8.68. The third-order valence-corrected chi connectivity index (χ3v) is 2.91. The van der Waals surface area contributed by atoms with E-state index < -0.39 is 0 Å². The number of hydrogen-bond acceptors (Lipinski definition) is 2. The lowest BCUT2D eigenvalue weighted by atomic mass is 10.1. The van der Waals surface area contributed by atoms with E-state index in [-0.39, 0.29) is 0 Å². The summed E-state index contributed by atoms with van der Waals surface area (Å²) in [6.45, 7) is 1.43. The first-order valence-corrected chi connectivity index (χ1v) is 5.23. The number of nitrogens with two attached hydrogens (primary N) is 1. The van der Waals surface area contributed by atoms with E-state index in [1.807, 2.05) is 10.9 Å². The second-order valence-corrected chi connectivity index (χ2v) is 3.86. The molecule has 76 valence electrons. The third-order valence-electron chi connectivity index (χ3n) is 2.91. The van der Waals surface area contributed by atoms with E-state index in [1.54, 1.807) is 0 Å². The van der Waals surface area contributed by atoms with Crippen molar-refractivity contribution in [1.82, 2.24) is 9.78 Å². The molecule has 0 unspecified atom stereocenters. The average Bonchev–Trinajstić information content (AvgIpc) is 2.78. The Morgan fingerprint density at radius 2 is 2.13 bits per heavy atom. The largest absolute Gasteiger partial charge is 0.329 e. The van der Waals surface area contributed by atoms with Crippen molar-refractivity contribution in [3.63, 3.8) is 0 Å². The van der Waals surface area contributed by atoms with Crippen LogP contribution in [0.2, 0.25) is 0 Å².